The molecule has 0 saturated heterocycles. The SMILES string of the molecule is CC/C=C\C/C=C\C/C=C\CCCCCC(=O)OC(COC(=O)CCCCCCCC)COP(=O)(O)O. The highest BCUT2D eigenvalue weighted by atomic mass is 31.2. The Morgan fingerprint density at radius 2 is 1.30 bits per heavy atom. The van der Waals surface area contributed by atoms with E-state index in [0.29, 0.717) is 12.8 Å². The zero-order valence-electron chi connectivity index (χ0n) is 22.9. The van der Waals surface area contributed by atoms with Gasteiger partial charge >= 0.3 is 19.8 Å². The van der Waals surface area contributed by atoms with Crippen LogP contribution in [0.5, 0.6) is 0 Å². The molecule has 0 aromatic carbocycles. The molecule has 0 fully saturated rings. The predicted molar refractivity (Wildman–Crippen MR) is 147 cm³/mol. The largest absolute Gasteiger partial charge is 0.469 e. The molecule has 1 unspecified atom stereocenters. The molecule has 0 aliphatic rings. The van der Waals surface area contributed by atoms with Crippen molar-refractivity contribution in [3.05, 3.63) is 36.5 Å². The smallest absolute Gasteiger partial charge is 0.462 e. The Morgan fingerprint density at radius 1 is 0.730 bits per heavy atom. The summed E-state index contributed by atoms with van der Waals surface area (Å²) in [5.41, 5.74) is 0. The Bertz CT molecular complexity index is 711. The van der Waals surface area contributed by atoms with Gasteiger partial charge in [0.15, 0.2) is 6.10 Å². The van der Waals surface area contributed by atoms with Crippen LogP contribution >= 0.6 is 7.82 Å². The quantitative estimate of drug-likeness (QED) is 0.0571. The van der Waals surface area contributed by atoms with Crippen LogP contribution < -0.4 is 0 Å². The van der Waals surface area contributed by atoms with Crippen molar-refractivity contribution < 1.29 is 37.9 Å². The van der Waals surface area contributed by atoms with Crippen LogP contribution in [0.3, 0.4) is 0 Å². The molecule has 1 atom stereocenters. The number of esters is 2. The molecule has 8 nitrogen and oxygen atoms in total. The van der Waals surface area contributed by atoms with Crippen molar-refractivity contribution in [3.8, 4) is 0 Å². The summed E-state index contributed by atoms with van der Waals surface area (Å²) in [6.45, 7) is 3.42. The van der Waals surface area contributed by atoms with Crippen LogP contribution in [0, 0.1) is 0 Å². The van der Waals surface area contributed by atoms with Gasteiger partial charge in [0.1, 0.15) is 6.61 Å². The molecule has 0 rings (SSSR count). The van der Waals surface area contributed by atoms with Gasteiger partial charge < -0.3 is 19.3 Å². The standard InChI is InChI=1S/C28H49O8P/c1-3-5-7-9-11-12-13-14-15-16-17-19-21-23-28(30)36-26(25-35-37(31,32)33)24-34-27(29)22-20-18-10-8-6-4-2/h5,7,11-12,14-15,26H,3-4,6,8-10,13,16-25H2,1-2H3,(H2,31,32,33)/b7-5-,12-11-,15-14-. The minimum absolute atomic E-state index is 0.176. The first kappa shape index (κ1) is 35.3. The first-order valence-electron chi connectivity index (χ1n) is 13.8. The number of unbranched alkanes of at least 4 members (excludes halogenated alkanes) is 8. The predicted octanol–water partition coefficient (Wildman–Crippen LogP) is 7.11. The van der Waals surface area contributed by atoms with E-state index in [1.54, 1.807) is 0 Å². The van der Waals surface area contributed by atoms with Gasteiger partial charge in [-0.3, -0.25) is 14.1 Å². The van der Waals surface area contributed by atoms with Crippen LogP contribution in [0.2, 0.25) is 0 Å². The minimum Gasteiger partial charge on any atom is -0.462 e. The maximum absolute atomic E-state index is 12.2. The number of carbonyl (C=O) groups is 2. The van der Waals surface area contributed by atoms with Crippen LogP contribution in [0.25, 0.3) is 0 Å². The van der Waals surface area contributed by atoms with E-state index in [-0.39, 0.29) is 19.4 Å². The molecular weight excluding hydrogens is 495 g/mol. The van der Waals surface area contributed by atoms with Crippen LogP contribution in [0.1, 0.15) is 110 Å². The summed E-state index contributed by atoms with van der Waals surface area (Å²) in [6.07, 6.45) is 24.8. The number of hydrogen-bond acceptors (Lipinski definition) is 6. The van der Waals surface area contributed by atoms with E-state index in [2.05, 4.69) is 54.8 Å². The van der Waals surface area contributed by atoms with Crippen LogP contribution in [-0.2, 0) is 28.2 Å². The van der Waals surface area contributed by atoms with Crippen LogP contribution in [0.4, 0.5) is 0 Å². The van der Waals surface area contributed by atoms with Crippen molar-refractivity contribution in [2.75, 3.05) is 13.2 Å². The molecule has 0 aromatic rings. The Labute approximate surface area is 223 Å². The number of allylic oxidation sites excluding steroid dienone is 6. The van der Waals surface area contributed by atoms with E-state index in [1.807, 2.05) is 0 Å². The fraction of sp³-hybridized carbons (Fsp3) is 0.714. The number of phosphoric acid groups is 1. The molecule has 9 heteroatoms. The van der Waals surface area contributed by atoms with Gasteiger partial charge in [0.25, 0.3) is 0 Å². The summed E-state index contributed by atoms with van der Waals surface area (Å²) in [6, 6.07) is 0. The van der Waals surface area contributed by atoms with Gasteiger partial charge in [-0.05, 0) is 44.9 Å². The molecule has 0 bridgehead atoms. The molecule has 2 N–H and O–H groups in total. The van der Waals surface area contributed by atoms with E-state index in [4.69, 9.17) is 19.3 Å². The van der Waals surface area contributed by atoms with Gasteiger partial charge in [-0.15, -0.1) is 0 Å². The number of phosphoric ester groups is 1. The van der Waals surface area contributed by atoms with Gasteiger partial charge in [0.05, 0.1) is 6.61 Å². The second kappa shape index (κ2) is 24.6. The molecule has 0 aliphatic carbocycles. The van der Waals surface area contributed by atoms with Gasteiger partial charge in [0, 0.05) is 12.8 Å². The summed E-state index contributed by atoms with van der Waals surface area (Å²) < 4.78 is 25.9. The molecule has 0 radical (unpaired) electrons. The third-order valence-electron chi connectivity index (χ3n) is 5.42. The average molecular weight is 545 g/mol. The van der Waals surface area contributed by atoms with Gasteiger partial charge in [0.2, 0.25) is 0 Å². The van der Waals surface area contributed by atoms with E-state index < -0.39 is 32.5 Å². The van der Waals surface area contributed by atoms with Gasteiger partial charge in [-0.2, -0.15) is 0 Å². The maximum Gasteiger partial charge on any atom is 0.469 e. The molecule has 0 spiro atoms. The normalized spacial score (nSPS) is 13.1. The lowest BCUT2D eigenvalue weighted by Gasteiger charge is -2.18. The summed E-state index contributed by atoms with van der Waals surface area (Å²) in [5, 5.41) is 0. The Morgan fingerprint density at radius 3 is 1.95 bits per heavy atom. The second-order valence-electron chi connectivity index (χ2n) is 8.99. The summed E-state index contributed by atoms with van der Waals surface area (Å²) in [4.78, 5) is 42.0. The molecule has 0 aromatic heterocycles. The zero-order chi connectivity index (χ0) is 27.6. The summed E-state index contributed by atoms with van der Waals surface area (Å²) in [7, 11) is -4.74. The molecule has 0 aliphatic heterocycles. The Kier molecular flexibility index (Phi) is 23.4. The number of carbonyl (C=O) groups excluding carboxylic acids is 2. The van der Waals surface area contributed by atoms with Gasteiger partial charge in [-0.25, -0.2) is 4.57 Å². The molecule has 0 amide bonds. The monoisotopic (exact) mass is 544 g/mol. The molecule has 214 valence electrons. The fourth-order valence-corrected chi connectivity index (χ4v) is 3.74. The van der Waals surface area contributed by atoms with Crippen LogP contribution in [-0.4, -0.2) is 41.0 Å². The Balaban J connectivity index is 4.16. The summed E-state index contributed by atoms with van der Waals surface area (Å²) in [5.74, 6) is -0.936. The minimum atomic E-state index is -4.74. The maximum atomic E-state index is 12.2. The Hall–Kier alpha value is -1.73. The third-order valence-corrected chi connectivity index (χ3v) is 5.91. The number of ether oxygens (including phenoxy) is 2. The van der Waals surface area contributed by atoms with Crippen molar-refractivity contribution in [1.82, 2.24) is 0 Å². The van der Waals surface area contributed by atoms with Crippen molar-refractivity contribution in [2.45, 2.75) is 116 Å². The van der Waals surface area contributed by atoms with E-state index in [9.17, 15) is 14.2 Å². The average Bonchev–Trinajstić information content (AvgIpc) is 2.85. The molecular formula is C28H49O8P. The lowest BCUT2D eigenvalue weighted by molar-refractivity contribution is -0.161. The lowest BCUT2D eigenvalue weighted by atomic mass is 10.1. The zero-order valence-corrected chi connectivity index (χ0v) is 23.7. The van der Waals surface area contributed by atoms with E-state index >= 15 is 0 Å². The molecule has 37 heavy (non-hydrogen) atoms. The highest BCUT2D eigenvalue weighted by molar-refractivity contribution is 7.46. The topological polar surface area (TPSA) is 119 Å². The lowest BCUT2D eigenvalue weighted by Crippen LogP contribution is -2.29. The van der Waals surface area contributed by atoms with Gasteiger partial charge in [-0.1, -0.05) is 88.8 Å². The number of hydrogen-bond donors (Lipinski definition) is 2. The van der Waals surface area contributed by atoms with E-state index in [1.165, 1.54) is 6.42 Å². The van der Waals surface area contributed by atoms with E-state index in [0.717, 1.165) is 64.2 Å². The third kappa shape index (κ3) is 27.1. The van der Waals surface area contributed by atoms with Crippen molar-refractivity contribution >= 4 is 19.8 Å². The van der Waals surface area contributed by atoms with Crippen LogP contribution in [0.15, 0.2) is 36.5 Å². The summed E-state index contributed by atoms with van der Waals surface area (Å²) >= 11 is 0. The highest BCUT2D eigenvalue weighted by Crippen LogP contribution is 2.35. The van der Waals surface area contributed by atoms with Crippen molar-refractivity contribution in [3.63, 3.8) is 0 Å². The highest BCUT2D eigenvalue weighted by Gasteiger charge is 2.22. The molecule has 0 saturated carbocycles. The number of rotatable bonds is 24. The first-order valence-corrected chi connectivity index (χ1v) is 15.3. The van der Waals surface area contributed by atoms with Crippen molar-refractivity contribution in [2.24, 2.45) is 0 Å². The molecule has 0 heterocycles. The fourth-order valence-electron chi connectivity index (χ4n) is 3.38. The first-order chi connectivity index (χ1) is 17.8. The van der Waals surface area contributed by atoms with Crippen molar-refractivity contribution in [1.29, 1.82) is 0 Å². The second-order valence-corrected chi connectivity index (χ2v) is 10.2.